The Kier molecular flexibility index (Phi) is 2.49. The predicted octanol–water partition coefficient (Wildman–Crippen LogP) is 3.86. The SMILES string of the molecule is CC12C(=CC(N)=CC1c1ccccc1)Oc1ccccc12. The van der Waals surface area contributed by atoms with Crippen LogP contribution < -0.4 is 10.5 Å². The number of hydrogen-bond acceptors (Lipinski definition) is 2. The summed E-state index contributed by atoms with van der Waals surface area (Å²) in [4.78, 5) is 0. The second-order valence-electron chi connectivity index (χ2n) is 5.86. The third kappa shape index (κ3) is 1.65. The third-order valence-corrected chi connectivity index (χ3v) is 4.62. The summed E-state index contributed by atoms with van der Waals surface area (Å²) in [6.07, 6.45) is 4.10. The van der Waals surface area contributed by atoms with E-state index in [-0.39, 0.29) is 11.3 Å². The van der Waals surface area contributed by atoms with Crippen LogP contribution in [0.1, 0.15) is 24.0 Å². The molecule has 2 aromatic carbocycles. The lowest BCUT2D eigenvalue weighted by Gasteiger charge is -2.35. The molecule has 0 spiro atoms. The Morgan fingerprint density at radius 3 is 2.52 bits per heavy atom. The fourth-order valence-corrected chi connectivity index (χ4v) is 3.49. The zero-order valence-electron chi connectivity index (χ0n) is 11.9. The number of benzene rings is 2. The highest BCUT2D eigenvalue weighted by molar-refractivity contribution is 5.58. The quantitative estimate of drug-likeness (QED) is 0.857. The number of fused-ring (bicyclic) bond motifs is 3. The van der Waals surface area contributed by atoms with E-state index in [1.54, 1.807) is 0 Å². The van der Waals surface area contributed by atoms with Crippen molar-refractivity contribution in [2.75, 3.05) is 0 Å². The molecule has 1 aliphatic heterocycles. The molecule has 2 aliphatic rings. The maximum Gasteiger partial charge on any atom is 0.131 e. The number of allylic oxidation sites excluding steroid dienone is 3. The van der Waals surface area contributed by atoms with Gasteiger partial charge in [-0.1, -0.05) is 54.6 Å². The molecule has 2 aromatic rings. The van der Waals surface area contributed by atoms with E-state index in [4.69, 9.17) is 10.5 Å². The van der Waals surface area contributed by atoms with Gasteiger partial charge in [-0.3, -0.25) is 0 Å². The summed E-state index contributed by atoms with van der Waals surface area (Å²) in [5, 5.41) is 0. The topological polar surface area (TPSA) is 35.2 Å². The van der Waals surface area contributed by atoms with Crippen LogP contribution in [0.15, 0.2) is 78.2 Å². The maximum absolute atomic E-state index is 6.12. The maximum atomic E-state index is 6.12. The van der Waals surface area contributed by atoms with Crippen LogP contribution in [0.3, 0.4) is 0 Å². The lowest BCUT2D eigenvalue weighted by atomic mass is 9.66. The lowest BCUT2D eigenvalue weighted by molar-refractivity contribution is 0.355. The van der Waals surface area contributed by atoms with Gasteiger partial charge in [0, 0.05) is 23.3 Å². The largest absolute Gasteiger partial charge is 0.460 e. The molecule has 0 radical (unpaired) electrons. The summed E-state index contributed by atoms with van der Waals surface area (Å²) in [6.45, 7) is 2.24. The Labute approximate surface area is 124 Å². The summed E-state index contributed by atoms with van der Waals surface area (Å²) in [5.74, 6) is 2.06. The van der Waals surface area contributed by atoms with E-state index in [9.17, 15) is 0 Å². The second kappa shape index (κ2) is 4.26. The Morgan fingerprint density at radius 1 is 1.00 bits per heavy atom. The molecule has 4 rings (SSSR count). The van der Waals surface area contributed by atoms with Gasteiger partial charge in [0.15, 0.2) is 0 Å². The first-order valence-electron chi connectivity index (χ1n) is 7.21. The van der Waals surface area contributed by atoms with Crippen molar-refractivity contribution >= 4 is 0 Å². The zero-order valence-corrected chi connectivity index (χ0v) is 11.9. The van der Waals surface area contributed by atoms with E-state index in [2.05, 4.69) is 49.4 Å². The minimum Gasteiger partial charge on any atom is -0.460 e. The molecule has 0 bridgehead atoms. The highest BCUT2D eigenvalue weighted by Crippen LogP contribution is 2.55. The highest BCUT2D eigenvalue weighted by Gasteiger charge is 2.48. The third-order valence-electron chi connectivity index (χ3n) is 4.62. The van der Waals surface area contributed by atoms with Crippen molar-refractivity contribution in [3.63, 3.8) is 0 Å². The fraction of sp³-hybridized carbons (Fsp3) is 0.158. The van der Waals surface area contributed by atoms with Crippen molar-refractivity contribution in [2.45, 2.75) is 18.3 Å². The number of hydrogen-bond donors (Lipinski definition) is 1. The molecule has 2 atom stereocenters. The van der Waals surface area contributed by atoms with Gasteiger partial charge in [0.1, 0.15) is 11.5 Å². The Balaban J connectivity index is 1.94. The molecule has 0 fully saturated rings. The Bertz CT molecular complexity index is 760. The van der Waals surface area contributed by atoms with Crippen molar-refractivity contribution < 1.29 is 4.74 Å². The molecule has 0 saturated heterocycles. The first-order valence-corrected chi connectivity index (χ1v) is 7.21. The van der Waals surface area contributed by atoms with E-state index in [0.717, 1.165) is 17.2 Å². The van der Waals surface area contributed by atoms with Crippen LogP contribution >= 0.6 is 0 Å². The Morgan fingerprint density at radius 2 is 1.71 bits per heavy atom. The summed E-state index contributed by atoms with van der Waals surface area (Å²) in [5.41, 5.74) is 9.18. The van der Waals surface area contributed by atoms with Crippen molar-refractivity contribution in [3.05, 3.63) is 89.3 Å². The van der Waals surface area contributed by atoms with Gasteiger partial charge >= 0.3 is 0 Å². The number of nitrogens with two attached hydrogens (primary N) is 1. The molecule has 2 N–H and O–H groups in total. The van der Waals surface area contributed by atoms with Gasteiger partial charge in [-0.05, 0) is 18.6 Å². The van der Waals surface area contributed by atoms with Gasteiger partial charge < -0.3 is 10.5 Å². The van der Waals surface area contributed by atoms with Crippen LogP contribution in [0.5, 0.6) is 5.75 Å². The van der Waals surface area contributed by atoms with Crippen LogP contribution in [0.25, 0.3) is 0 Å². The van der Waals surface area contributed by atoms with E-state index in [1.807, 2.05) is 24.3 Å². The summed E-state index contributed by atoms with van der Waals surface area (Å²) < 4.78 is 6.08. The lowest BCUT2D eigenvalue weighted by Crippen LogP contribution is -2.33. The van der Waals surface area contributed by atoms with Gasteiger partial charge in [-0.25, -0.2) is 0 Å². The van der Waals surface area contributed by atoms with Crippen molar-refractivity contribution in [1.82, 2.24) is 0 Å². The first kappa shape index (κ1) is 12.3. The minimum absolute atomic E-state index is 0.183. The highest BCUT2D eigenvalue weighted by atomic mass is 16.5. The van der Waals surface area contributed by atoms with Gasteiger partial charge in [-0.15, -0.1) is 0 Å². The number of para-hydroxylation sites is 1. The van der Waals surface area contributed by atoms with E-state index in [0.29, 0.717) is 0 Å². The standard InChI is InChI=1S/C19H17NO/c1-19-15-9-5-6-10-17(15)21-18(19)12-14(20)11-16(19)13-7-3-2-4-8-13/h2-12,16H,20H2,1H3. The van der Waals surface area contributed by atoms with Crippen molar-refractivity contribution in [1.29, 1.82) is 0 Å². The van der Waals surface area contributed by atoms with Gasteiger partial charge in [0.25, 0.3) is 0 Å². The molecule has 2 nitrogen and oxygen atoms in total. The van der Waals surface area contributed by atoms with E-state index < -0.39 is 0 Å². The first-order chi connectivity index (χ1) is 10.2. The molecule has 21 heavy (non-hydrogen) atoms. The molecular weight excluding hydrogens is 258 g/mol. The smallest absolute Gasteiger partial charge is 0.131 e. The molecule has 0 saturated carbocycles. The van der Waals surface area contributed by atoms with Gasteiger partial charge in [0.05, 0.1) is 5.41 Å². The van der Waals surface area contributed by atoms with Crippen LogP contribution in [-0.2, 0) is 5.41 Å². The second-order valence-corrected chi connectivity index (χ2v) is 5.86. The van der Waals surface area contributed by atoms with Crippen molar-refractivity contribution in [3.8, 4) is 5.75 Å². The molecule has 0 amide bonds. The van der Waals surface area contributed by atoms with E-state index in [1.165, 1.54) is 11.1 Å². The van der Waals surface area contributed by atoms with Crippen LogP contribution in [0, 0.1) is 0 Å². The molecular formula is C19H17NO. The predicted molar refractivity (Wildman–Crippen MR) is 84.0 cm³/mol. The van der Waals surface area contributed by atoms with Crippen LogP contribution in [-0.4, -0.2) is 0 Å². The number of rotatable bonds is 1. The molecule has 1 heterocycles. The summed E-state index contributed by atoms with van der Waals surface area (Å²) >= 11 is 0. The zero-order chi connectivity index (χ0) is 14.4. The average Bonchev–Trinajstić information content (AvgIpc) is 2.80. The van der Waals surface area contributed by atoms with Crippen LogP contribution in [0.2, 0.25) is 0 Å². The average molecular weight is 275 g/mol. The molecule has 2 unspecified atom stereocenters. The van der Waals surface area contributed by atoms with E-state index >= 15 is 0 Å². The summed E-state index contributed by atoms with van der Waals surface area (Å²) in [6, 6.07) is 18.8. The van der Waals surface area contributed by atoms with Crippen molar-refractivity contribution in [2.24, 2.45) is 5.73 Å². The molecule has 104 valence electrons. The fourth-order valence-electron chi connectivity index (χ4n) is 3.49. The molecule has 2 heteroatoms. The Hall–Kier alpha value is -2.48. The monoisotopic (exact) mass is 275 g/mol. The van der Waals surface area contributed by atoms with Gasteiger partial charge in [0.2, 0.25) is 0 Å². The molecule has 0 aromatic heterocycles. The van der Waals surface area contributed by atoms with Gasteiger partial charge in [-0.2, -0.15) is 0 Å². The molecule has 1 aliphatic carbocycles. The number of ether oxygens (including phenoxy) is 1. The van der Waals surface area contributed by atoms with Crippen LogP contribution in [0.4, 0.5) is 0 Å². The summed E-state index contributed by atoms with van der Waals surface area (Å²) in [7, 11) is 0. The normalized spacial score (nSPS) is 26.2. The minimum atomic E-state index is -0.194.